The number of fused-ring (bicyclic) bond motifs is 1. The van der Waals surface area contributed by atoms with Gasteiger partial charge in [-0.25, -0.2) is 4.98 Å². The van der Waals surface area contributed by atoms with E-state index in [9.17, 15) is 19.7 Å². The molecule has 7 nitrogen and oxygen atoms in total. The van der Waals surface area contributed by atoms with Gasteiger partial charge in [0.25, 0.3) is 5.69 Å². The van der Waals surface area contributed by atoms with Gasteiger partial charge in [0.1, 0.15) is 0 Å². The summed E-state index contributed by atoms with van der Waals surface area (Å²) >= 11 is 1.18. The molecule has 0 aliphatic heterocycles. The average molecular weight is 371 g/mol. The Kier molecular flexibility index (Phi) is 4.69. The molecule has 8 heteroatoms. The van der Waals surface area contributed by atoms with Gasteiger partial charge in [0.05, 0.1) is 15.5 Å². The van der Waals surface area contributed by atoms with Crippen LogP contribution in [0.25, 0.3) is 6.08 Å². The summed E-state index contributed by atoms with van der Waals surface area (Å²) in [6, 6.07) is 5.99. The maximum absolute atomic E-state index is 12.2. The third-order valence-corrected chi connectivity index (χ3v) is 5.03. The fourth-order valence-electron chi connectivity index (χ4n) is 2.83. The number of carbonyl (C=O) groups is 2. The number of rotatable bonds is 4. The summed E-state index contributed by atoms with van der Waals surface area (Å²) in [5.74, 6) is -0.351. The van der Waals surface area contributed by atoms with E-state index in [-0.39, 0.29) is 16.9 Å². The number of nitrogens with one attached hydrogen (secondary N) is 1. The van der Waals surface area contributed by atoms with Gasteiger partial charge in [0, 0.05) is 24.6 Å². The first-order valence-electron chi connectivity index (χ1n) is 8.00. The summed E-state index contributed by atoms with van der Waals surface area (Å²) in [5.41, 5.74) is 1.11. The van der Waals surface area contributed by atoms with Gasteiger partial charge in [0.2, 0.25) is 5.91 Å². The molecule has 1 heterocycles. The summed E-state index contributed by atoms with van der Waals surface area (Å²) in [5, 5.41) is 13.8. The number of thiazole rings is 1. The lowest BCUT2D eigenvalue weighted by Gasteiger charge is -2.26. The molecule has 26 heavy (non-hydrogen) atoms. The third kappa shape index (κ3) is 4.02. The summed E-state index contributed by atoms with van der Waals surface area (Å²) in [6.45, 7) is 4.04. The first-order chi connectivity index (χ1) is 12.2. The fourth-order valence-corrected chi connectivity index (χ4v) is 3.76. The van der Waals surface area contributed by atoms with Crippen LogP contribution in [-0.4, -0.2) is 21.6 Å². The molecular weight excluding hydrogens is 354 g/mol. The van der Waals surface area contributed by atoms with Gasteiger partial charge in [-0.1, -0.05) is 37.3 Å². The Morgan fingerprint density at radius 3 is 2.88 bits per heavy atom. The van der Waals surface area contributed by atoms with Crippen molar-refractivity contribution in [2.45, 2.75) is 26.7 Å². The van der Waals surface area contributed by atoms with E-state index >= 15 is 0 Å². The number of nitrogens with zero attached hydrogens (tertiary/aromatic N) is 2. The van der Waals surface area contributed by atoms with Crippen LogP contribution in [0.4, 0.5) is 10.8 Å². The van der Waals surface area contributed by atoms with E-state index in [0.717, 1.165) is 5.69 Å². The van der Waals surface area contributed by atoms with E-state index in [4.69, 9.17) is 0 Å². The fraction of sp³-hybridized carbons (Fsp3) is 0.278. The summed E-state index contributed by atoms with van der Waals surface area (Å²) in [7, 11) is 0. The normalized spacial score (nSPS) is 15.7. The second-order valence-electron chi connectivity index (χ2n) is 6.91. The maximum Gasteiger partial charge on any atom is 0.270 e. The Morgan fingerprint density at radius 2 is 2.15 bits per heavy atom. The zero-order valence-corrected chi connectivity index (χ0v) is 15.1. The Morgan fingerprint density at radius 1 is 1.38 bits per heavy atom. The van der Waals surface area contributed by atoms with Crippen molar-refractivity contribution in [1.82, 2.24) is 4.98 Å². The molecule has 0 atom stereocenters. The minimum atomic E-state index is -0.490. The van der Waals surface area contributed by atoms with Crippen molar-refractivity contribution in [3.63, 3.8) is 0 Å². The van der Waals surface area contributed by atoms with Crippen molar-refractivity contribution in [2.24, 2.45) is 5.41 Å². The van der Waals surface area contributed by atoms with Crippen LogP contribution in [0.1, 0.15) is 41.2 Å². The predicted octanol–water partition coefficient (Wildman–Crippen LogP) is 3.86. The molecule has 0 bridgehead atoms. The summed E-state index contributed by atoms with van der Waals surface area (Å²) in [6.07, 6.45) is 3.95. The number of aromatic nitrogens is 1. The van der Waals surface area contributed by atoms with Crippen LogP contribution in [0.2, 0.25) is 0 Å². The molecule has 1 aromatic heterocycles. The van der Waals surface area contributed by atoms with Crippen molar-refractivity contribution in [1.29, 1.82) is 0 Å². The second-order valence-corrected chi connectivity index (χ2v) is 7.91. The lowest BCUT2D eigenvalue weighted by atomic mass is 9.78. The largest absolute Gasteiger partial charge is 0.298 e. The Hall–Kier alpha value is -2.87. The molecule has 1 amide bonds. The number of benzene rings is 1. The van der Waals surface area contributed by atoms with Crippen molar-refractivity contribution in [3.05, 3.63) is 56.6 Å². The molecule has 0 spiro atoms. The van der Waals surface area contributed by atoms with Gasteiger partial charge in [-0.2, -0.15) is 0 Å². The number of hydrogen-bond acceptors (Lipinski definition) is 6. The van der Waals surface area contributed by atoms with E-state index in [1.165, 1.54) is 35.6 Å². The first kappa shape index (κ1) is 17.9. The summed E-state index contributed by atoms with van der Waals surface area (Å²) in [4.78, 5) is 39.5. The number of Topliss-reactive ketones (excluding diaryl/α,β-unsaturated/α-hetero) is 1. The number of nitro benzene ring substituents is 1. The Labute approximate surface area is 153 Å². The van der Waals surface area contributed by atoms with Gasteiger partial charge < -0.3 is 0 Å². The molecular formula is C18H17N3O4S. The molecule has 1 aromatic carbocycles. The topological polar surface area (TPSA) is 102 Å². The minimum Gasteiger partial charge on any atom is -0.298 e. The smallest absolute Gasteiger partial charge is 0.270 e. The zero-order valence-electron chi connectivity index (χ0n) is 14.3. The molecule has 1 aliphatic carbocycles. The van der Waals surface area contributed by atoms with E-state index in [1.807, 2.05) is 13.8 Å². The lowest BCUT2D eigenvalue weighted by Crippen LogP contribution is -2.26. The number of carbonyl (C=O) groups excluding carboxylic acids is 2. The number of amides is 1. The zero-order chi connectivity index (χ0) is 18.9. The van der Waals surface area contributed by atoms with E-state index in [0.29, 0.717) is 28.4 Å². The van der Waals surface area contributed by atoms with Gasteiger partial charge in [0.15, 0.2) is 10.9 Å². The molecule has 0 radical (unpaired) electrons. The highest BCUT2D eigenvalue weighted by Gasteiger charge is 2.33. The number of anilines is 1. The van der Waals surface area contributed by atoms with Gasteiger partial charge >= 0.3 is 0 Å². The molecule has 1 N–H and O–H groups in total. The van der Waals surface area contributed by atoms with Crippen LogP contribution in [0.3, 0.4) is 0 Å². The van der Waals surface area contributed by atoms with E-state index < -0.39 is 10.8 Å². The number of nitro groups is 1. The van der Waals surface area contributed by atoms with Crippen molar-refractivity contribution >= 4 is 39.9 Å². The van der Waals surface area contributed by atoms with Crippen LogP contribution in [0.15, 0.2) is 30.3 Å². The molecule has 134 valence electrons. The van der Waals surface area contributed by atoms with Crippen molar-refractivity contribution in [3.8, 4) is 0 Å². The Bertz CT molecular complexity index is 930. The summed E-state index contributed by atoms with van der Waals surface area (Å²) < 4.78 is 0. The minimum absolute atomic E-state index is 0.0405. The maximum atomic E-state index is 12.2. The third-order valence-electron chi connectivity index (χ3n) is 3.97. The second kappa shape index (κ2) is 6.80. The van der Waals surface area contributed by atoms with Gasteiger partial charge in [-0.3, -0.25) is 25.0 Å². The SMILES string of the molecule is CC1(C)CC(=O)c2sc(NC(=O)C=Cc3cccc([N+](=O)[O-])c3)nc2C1. The molecule has 0 fully saturated rings. The number of hydrogen-bond donors (Lipinski definition) is 1. The molecule has 1 aliphatic rings. The van der Waals surface area contributed by atoms with Gasteiger partial charge in [-0.05, 0) is 23.5 Å². The number of non-ortho nitro benzene ring substituents is 1. The highest BCUT2D eigenvalue weighted by molar-refractivity contribution is 7.17. The average Bonchev–Trinajstić information content (AvgIpc) is 2.94. The lowest BCUT2D eigenvalue weighted by molar-refractivity contribution is -0.384. The molecule has 0 saturated heterocycles. The van der Waals surface area contributed by atoms with E-state index in [1.54, 1.807) is 12.1 Å². The predicted molar refractivity (Wildman–Crippen MR) is 99.3 cm³/mol. The highest BCUT2D eigenvalue weighted by Crippen LogP contribution is 2.38. The van der Waals surface area contributed by atoms with Crippen molar-refractivity contribution < 1.29 is 14.5 Å². The molecule has 0 saturated carbocycles. The van der Waals surface area contributed by atoms with Gasteiger partial charge in [-0.15, -0.1) is 0 Å². The highest BCUT2D eigenvalue weighted by atomic mass is 32.1. The number of ketones is 1. The van der Waals surface area contributed by atoms with Crippen LogP contribution in [0.5, 0.6) is 0 Å². The molecule has 0 unspecified atom stereocenters. The van der Waals surface area contributed by atoms with Crippen molar-refractivity contribution in [2.75, 3.05) is 5.32 Å². The molecule has 3 rings (SSSR count). The monoisotopic (exact) mass is 371 g/mol. The quantitative estimate of drug-likeness (QED) is 0.499. The van der Waals surface area contributed by atoms with Crippen LogP contribution in [-0.2, 0) is 11.2 Å². The first-order valence-corrected chi connectivity index (χ1v) is 8.82. The van der Waals surface area contributed by atoms with Crippen LogP contribution >= 0.6 is 11.3 Å². The Balaban J connectivity index is 1.70. The molecule has 2 aromatic rings. The van der Waals surface area contributed by atoms with E-state index in [2.05, 4.69) is 10.3 Å². The standard InChI is InChI=1S/C18H17N3O4S/c1-18(2)9-13-16(14(22)10-18)26-17(19-13)20-15(23)7-6-11-4-3-5-12(8-11)21(24)25/h3-8H,9-10H2,1-2H3,(H,19,20,23). The van der Waals surface area contributed by atoms with Crippen LogP contribution in [0, 0.1) is 15.5 Å². The van der Waals surface area contributed by atoms with Crippen LogP contribution < -0.4 is 5.32 Å².